The van der Waals surface area contributed by atoms with Gasteiger partial charge in [0.15, 0.2) is 0 Å². The molecule has 1 saturated heterocycles. The summed E-state index contributed by atoms with van der Waals surface area (Å²) in [6.07, 6.45) is 1.97. The highest BCUT2D eigenvalue weighted by molar-refractivity contribution is 5.89. The van der Waals surface area contributed by atoms with Crippen LogP contribution in [0.15, 0.2) is 28.7 Å². The smallest absolute Gasteiger partial charge is 0.311 e. The summed E-state index contributed by atoms with van der Waals surface area (Å²) < 4.78 is 18.6. The van der Waals surface area contributed by atoms with Gasteiger partial charge in [0.25, 0.3) is 0 Å². The third-order valence-corrected chi connectivity index (χ3v) is 3.75. The Balaban J connectivity index is 1.77. The van der Waals surface area contributed by atoms with Gasteiger partial charge in [0.2, 0.25) is 5.89 Å². The van der Waals surface area contributed by atoms with Crippen molar-refractivity contribution >= 4 is 5.91 Å². The van der Waals surface area contributed by atoms with Gasteiger partial charge in [-0.1, -0.05) is 13.0 Å². The fraction of sp³-hybridized carbons (Fsp3) is 0.400. The van der Waals surface area contributed by atoms with E-state index in [-0.39, 0.29) is 23.5 Å². The molecular weight excluding hydrogens is 273 g/mol. The number of carbonyl (C=O) groups is 1. The predicted molar refractivity (Wildman–Crippen MR) is 74.0 cm³/mol. The Morgan fingerprint density at radius 3 is 2.81 bits per heavy atom. The molecule has 1 aliphatic heterocycles. The molecule has 110 valence electrons. The first-order chi connectivity index (χ1) is 10.1. The quantitative estimate of drug-likeness (QED) is 0.853. The molecule has 1 fully saturated rings. The number of aromatic nitrogens is 2. The second kappa shape index (κ2) is 5.63. The number of amides is 1. The standard InChI is InChI=1S/C15H16FN3O2/c1-10-5-7-19(8-6-10)15(20)14-18-17-13(21-14)11-3-2-4-12(16)9-11/h2-4,9-10H,5-8H2,1H3. The second-order valence-electron chi connectivity index (χ2n) is 5.40. The van der Waals surface area contributed by atoms with Crippen LogP contribution in [0.4, 0.5) is 4.39 Å². The van der Waals surface area contributed by atoms with Gasteiger partial charge in [-0.15, -0.1) is 10.2 Å². The second-order valence-corrected chi connectivity index (χ2v) is 5.40. The number of piperidine rings is 1. The first kappa shape index (κ1) is 13.7. The van der Waals surface area contributed by atoms with E-state index in [2.05, 4.69) is 17.1 Å². The molecule has 2 heterocycles. The van der Waals surface area contributed by atoms with E-state index in [1.54, 1.807) is 17.0 Å². The van der Waals surface area contributed by atoms with E-state index in [0.717, 1.165) is 12.8 Å². The fourth-order valence-electron chi connectivity index (χ4n) is 2.39. The van der Waals surface area contributed by atoms with Gasteiger partial charge in [0.1, 0.15) is 5.82 Å². The third kappa shape index (κ3) is 2.94. The zero-order valence-corrected chi connectivity index (χ0v) is 11.8. The molecule has 0 unspecified atom stereocenters. The minimum Gasteiger partial charge on any atom is -0.412 e. The molecule has 0 saturated carbocycles. The van der Waals surface area contributed by atoms with Gasteiger partial charge in [-0.05, 0) is 37.0 Å². The molecule has 5 nitrogen and oxygen atoms in total. The van der Waals surface area contributed by atoms with Crippen LogP contribution < -0.4 is 0 Å². The van der Waals surface area contributed by atoms with Gasteiger partial charge >= 0.3 is 11.8 Å². The van der Waals surface area contributed by atoms with Crippen molar-refractivity contribution < 1.29 is 13.6 Å². The largest absolute Gasteiger partial charge is 0.412 e. The first-order valence-corrected chi connectivity index (χ1v) is 7.02. The molecule has 3 rings (SSSR count). The van der Waals surface area contributed by atoms with Gasteiger partial charge < -0.3 is 9.32 Å². The molecule has 6 heteroatoms. The maximum atomic E-state index is 13.2. The highest BCUT2D eigenvalue weighted by atomic mass is 19.1. The van der Waals surface area contributed by atoms with Crippen molar-refractivity contribution in [3.63, 3.8) is 0 Å². The first-order valence-electron chi connectivity index (χ1n) is 7.02. The number of hydrogen-bond donors (Lipinski definition) is 0. The Kier molecular flexibility index (Phi) is 3.68. The van der Waals surface area contributed by atoms with E-state index < -0.39 is 0 Å². The van der Waals surface area contributed by atoms with Gasteiger partial charge in [0, 0.05) is 18.7 Å². The van der Waals surface area contributed by atoms with Gasteiger partial charge in [-0.25, -0.2) is 4.39 Å². The number of hydrogen-bond acceptors (Lipinski definition) is 4. The topological polar surface area (TPSA) is 59.2 Å². The molecule has 0 N–H and O–H groups in total. The van der Waals surface area contributed by atoms with Crippen LogP contribution in [0.1, 0.15) is 30.5 Å². The van der Waals surface area contributed by atoms with Crippen LogP contribution in [0.2, 0.25) is 0 Å². The van der Waals surface area contributed by atoms with Crippen LogP contribution >= 0.6 is 0 Å². The van der Waals surface area contributed by atoms with Crippen LogP contribution in [0.25, 0.3) is 11.5 Å². The van der Waals surface area contributed by atoms with Crippen molar-refractivity contribution in [1.29, 1.82) is 0 Å². The van der Waals surface area contributed by atoms with Crippen LogP contribution in [-0.2, 0) is 0 Å². The molecule has 1 aromatic heterocycles. The molecule has 21 heavy (non-hydrogen) atoms. The van der Waals surface area contributed by atoms with Crippen LogP contribution in [-0.4, -0.2) is 34.1 Å². The minimum absolute atomic E-state index is 0.0381. The molecule has 0 radical (unpaired) electrons. The number of halogens is 1. The van der Waals surface area contributed by atoms with Crippen molar-refractivity contribution in [3.05, 3.63) is 36.0 Å². The van der Waals surface area contributed by atoms with Gasteiger partial charge in [-0.3, -0.25) is 4.79 Å². The number of carbonyl (C=O) groups excluding carboxylic acids is 1. The normalized spacial score (nSPS) is 16.2. The molecule has 0 bridgehead atoms. The lowest BCUT2D eigenvalue weighted by molar-refractivity contribution is 0.0657. The monoisotopic (exact) mass is 289 g/mol. The van der Waals surface area contributed by atoms with E-state index in [1.807, 2.05) is 0 Å². The minimum atomic E-state index is -0.386. The summed E-state index contributed by atoms with van der Waals surface area (Å²) in [5, 5.41) is 7.61. The van der Waals surface area contributed by atoms with Gasteiger partial charge in [0.05, 0.1) is 0 Å². The number of nitrogens with zero attached hydrogens (tertiary/aromatic N) is 3. The Labute approximate surface area is 121 Å². The molecule has 0 spiro atoms. The third-order valence-electron chi connectivity index (χ3n) is 3.75. The number of benzene rings is 1. The molecule has 1 amide bonds. The maximum absolute atomic E-state index is 13.2. The Bertz CT molecular complexity index is 648. The summed E-state index contributed by atoms with van der Waals surface area (Å²) in [6, 6.07) is 5.85. The summed E-state index contributed by atoms with van der Waals surface area (Å²) in [4.78, 5) is 14.0. The van der Waals surface area contributed by atoms with Crippen molar-refractivity contribution in [2.75, 3.05) is 13.1 Å². The van der Waals surface area contributed by atoms with Crippen molar-refractivity contribution in [2.45, 2.75) is 19.8 Å². The van der Waals surface area contributed by atoms with Crippen molar-refractivity contribution in [1.82, 2.24) is 15.1 Å². The Morgan fingerprint density at radius 2 is 2.10 bits per heavy atom. The lowest BCUT2D eigenvalue weighted by atomic mass is 9.99. The average molecular weight is 289 g/mol. The summed E-state index contributed by atoms with van der Waals surface area (Å²) in [5.41, 5.74) is 0.466. The van der Waals surface area contributed by atoms with E-state index in [0.29, 0.717) is 24.6 Å². The predicted octanol–water partition coefficient (Wildman–Crippen LogP) is 2.75. The molecule has 2 aromatic rings. The summed E-state index contributed by atoms with van der Waals surface area (Å²) in [6.45, 7) is 3.59. The van der Waals surface area contributed by atoms with Crippen LogP contribution in [0.5, 0.6) is 0 Å². The Morgan fingerprint density at radius 1 is 1.33 bits per heavy atom. The highest BCUT2D eigenvalue weighted by Gasteiger charge is 2.25. The SMILES string of the molecule is CC1CCN(C(=O)c2nnc(-c3cccc(F)c3)o2)CC1. The van der Waals surface area contributed by atoms with Gasteiger partial charge in [-0.2, -0.15) is 0 Å². The fourth-order valence-corrected chi connectivity index (χ4v) is 2.39. The molecule has 1 aromatic carbocycles. The van der Waals surface area contributed by atoms with E-state index in [9.17, 15) is 9.18 Å². The summed E-state index contributed by atoms with van der Waals surface area (Å²) in [5.74, 6) is 0.118. The average Bonchev–Trinajstić information content (AvgIpc) is 2.97. The van der Waals surface area contributed by atoms with E-state index in [1.165, 1.54) is 12.1 Å². The highest BCUT2D eigenvalue weighted by Crippen LogP contribution is 2.21. The molecular formula is C15H16FN3O2. The lowest BCUT2D eigenvalue weighted by Crippen LogP contribution is -2.38. The lowest BCUT2D eigenvalue weighted by Gasteiger charge is -2.29. The van der Waals surface area contributed by atoms with Crippen LogP contribution in [0.3, 0.4) is 0 Å². The summed E-state index contributed by atoms with van der Waals surface area (Å²) in [7, 11) is 0. The van der Waals surface area contributed by atoms with E-state index in [4.69, 9.17) is 4.42 Å². The number of rotatable bonds is 2. The summed E-state index contributed by atoms with van der Waals surface area (Å²) >= 11 is 0. The zero-order valence-electron chi connectivity index (χ0n) is 11.8. The zero-order chi connectivity index (χ0) is 14.8. The van der Waals surface area contributed by atoms with E-state index >= 15 is 0 Å². The molecule has 0 aliphatic carbocycles. The number of likely N-dealkylation sites (tertiary alicyclic amines) is 1. The molecule has 1 aliphatic rings. The van der Waals surface area contributed by atoms with Crippen molar-refractivity contribution in [2.24, 2.45) is 5.92 Å². The maximum Gasteiger partial charge on any atom is 0.311 e. The van der Waals surface area contributed by atoms with Crippen LogP contribution in [0, 0.1) is 11.7 Å². The van der Waals surface area contributed by atoms with Crippen molar-refractivity contribution in [3.8, 4) is 11.5 Å². The molecule has 0 atom stereocenters. The Hall–Kier alpha value is -2.24.